The van der Waals surface area contributed by atoms with E-state index in [9.17, 15) is 4.79 Å². The fraction of sp³-hybridized carbons (Fsp3) is 0.350. The highest BCUT2D eigenvalue weighted by Crippen LogP contribution is 2.31. The van der Waals surface area contributed by atoms with Crippen molar-refractivity contribution in [1.82, 2.24) is 5.32 Å². The third-order valence-corrected chi connectivity index (χ3v) is 4.49. The SMILES string of the molecule is COc1ccc2c(c1)C[C@@H](C(=O)NCc1ccc(OC)cc1OC)CO2. The predicted molar refractivity (Wildman–Crippen MR) is 97.1 cm³/mol. The van der Waals surface area contributed by atoms with Gasteiger partial charge in [-0.05, 0) is 42.3 Å². The van der Waals surface area contributed by atoms with Gasteiger partial charge in [-0.15, -0.1) is 0 Å². The molecule has 26 heavy (non-hydrogen) atoms. The molecule has 1 atom stereocenters. The van der Waals surface area contributed by atoms with Gasteiger partial charge < -0.3 is 24.3 Å². The summed E-state index contributed by atoms with van der Waals surface area (Å²) < 4.78 is 21.5. The molecule has 0 bridgehead atoms. The predicted octanol–water partition coefficient (Wildman–Crippen LogP) is 2.58. The zero-order valence-corrected chi connectivity index (χ0v) is 15.2. The molecular formula is C20H23NO5. The molecule has 0 unspecified atom stereocenters. The molecule has 1 aliphatic rings. The van der Waals surface area contributed by atoms with Crippen LogP contribution in [0.4, 0.5) is 0 Å². The minimum Gasteiger partial charge on any atom is -0.497 e. The topological polar surface area (TPSA) is 66.0 Å². The van der Waals surface area contributed by atoms with Crippen molar-refractivity contribution >= 4 is 5.91 Å². The maximum atomic E-state index is 12.6. The summed E-state index contributed by atoms with van der Waals surface area (Å²) in [4.78, 5) is 12.6. The Kier molecular flexibility index (Phi) is 5.51. The van der Waals surface area contributed by atoms with E-state index in [0.717, 1.165) is 22.6 Å². The van der Waals surface area contributed by atoms with Crippen molar-refractivity contribution < 1.29 is 23.7 Å². The Hall–Kier alpha value is -2.89. The maximum Gasteiger partial charge on any atom is 0.227 e. The summed E-state index contributed by atoms with van der Waals surface area (Å²) in [6.07, 6.45) is 0.623. The van der Waals surface area contributed by atoms with Crippen molar-refractivity contribution in [3.8, 4) is 23.0 Å². The van der Waals surface area contributed by atoms with Crippen LogP contribution in [-0.4, -0.2) is 33.8 Å². The van der Waals surface area contributed by atoms with E-state index in [0.29, 0.717) is 31.1 Å². The molecule has 1 aliphatic heterocycles. The van der Waals surface area contributed by atoms with Crippen LogP contribution in [0.2, 0.25) is 0 Å². The van der Waals surface area contributed by atoms with Crippen LogP contribution in [0.15, 0.2) is 36.4 Å². The van der Waals surface area contributed by atoms with Gasteiger partial charge in [0.15, 0.2) is 0 Å². The highest BCUT2D eigenvalue weighted by Gasteiger charge is 2.26. The summed E-state index contributed by atoms with van der Waals surface area (Å²) in [6.45, 7) is 0.748. The number of methoxy groups -OCH3 is 3. The molecule has 1 heterocycles. The van der Waals surface area contributed by atoms with Crippen LogP contribution < -0.4 is 24.3 Å². The minimum absolute atomic E-state index is 0.0451. The second kappa shape index (κ2) is 7.99. The number of nitrogens with one attached hydrogen (secondary N) is 1. The standard InChI is InChI=1S/C20H23NO5/c1-23-16-6-7-18-14(9-16)8-15(12-26-18)20(22)21-11-13-4-5-17(24-2)10-19(13)25-3/h4-7,9-10,15H,8,11-12H2,1-3H3,(H,21,22)/t15-/m1/s1. The van der Waals surface area contributed by atoms with Crippen molar-refractivity contribution in [3.63, 3.8) is 0 Å². The van der Waals surface area contributed by atoms with E-state index >= 15 is 0 Å². The summed E-state index contributed by atoms with van der Waals surface area (Å²) in [5, 5.41) is 2.97. The van der Waals surface area contributed by atoms with E-state index in [1.54, 1.807) is 27.4 Å². The van der Waals surface area contributed by atoms with Crippen LogP contribution >= 0.6 is 0 Å². The Balaban J connectivity index is 1.64. The first-order valence-corrected chi connectivity index (χ1v) is 8.43. The lowest BCUT2D eigenvalue weighted by molar-refractivity contribution is -0.126. The molecule has 1 amide bonds. The summed E-state index contributed by atoms with van der Waals surface area (Å²) in [7, 11) is 4.82. The van der Waals surface area contributed by atoms with Gasteiger partial charge in [0.25, 0.3) is 0 Å². The second-order valence-corrected chi connectivity index (χ2v) is 6.08. The summed E-state index contributed by atoms with van der Waals surface area (Å²) in [5.74, 6) is 2.68. The number of hydrogen-bond acceptors (Lipinski definition) is 5. The molecule has 0 fully saturated rings. The largest absolute Gasteiger partial charge is 0.497 e. The molecule has 0 saturated carbocycles. The maximum absolute atomic E-state index is 12.6. The Morgan fingerprint density at radius 3 is 2.54 bits per heavy atom. The first kappa shape index (κ1) is 17.9. The number of carbonyl (C=O) groups excluding carboxylic acids is 1. The summed E-state index contributed by atoms with van der Waals surface area (Å²) >= 11 is 0. The lowest BCUT2D eigenvalue weighted by atomic mass is 9.95. The number of hydrogen-bond donors (Lipinski definition) is 1. The minimum atomic E-state index is -0.237. The highest BCUT2D eigenvalue weighted by atomic mass is 16.5. The molecule has 2 aromatic carbocycles. The van der Waals surface area contributed by atoms with Gasteiger partial charge in [0.1, 0.15) is 29.6 Å². The molecule has 138 valence electrons. The van der Waals surface area contributed by atoms with E-state index in [4.69, 9.17) is 18.9 Å². The van der Waals surface area contributed by atoms with Gasteiger partial charge >= 0.3 is 0 Å². The van der Waals surface area contributed by atoms with Gasteiger partial charge in [-0.25, -0.2) is 0 Å². The number of ether oxygens (including phenoxy) is 4. The van der Waals surface area contributed by atoms with Crippen LogP contribution in [0.3, 0.4) is 0 Å². The molecule has 0 spiro atoms. The van der Waals surface area contributed by atoms with Crippen LogP contribution in [0.1, 0.15) is 11.1 Å². The van der Waals surface area contributed by atoms with Gasteiger partial charge in [-0.1, -0.05) is 0 Å². The fourth-order valence-corrected chi connectivity index (χ4v) is 2.99. The fourth-order valence-electron chi connectivity index (χ4n) is 2.99. The van der Waals surface area contributed by atoms with Gasteiger partial charge in [-0.2, -0.15) is 0 Å². The Morgan fingerprint density at radius 2 is 1.81 bits per heavy atom. The zero-order chi connectivity index (χ0) is 18.5. The molecule has 6 nitrogen and oxygen atoms in total. The van der Waals surface area contributed by atoms with Crippen molar-refractivity contribution in [3.05, 3.63) is 47.5 Å². The van der Waals surface area contributed by atoms with Crippen LogP contribution in [0.5, 0.6) is 23.0 Å². The first-order valence-electron chi connectivity index (χ1n) is 8.43. The van der Waals surface area contributed by atoms with Crippen LogP contribution in [0, 0.1) is 5.92 Å². The molecule has 0 aromatic heterocycles. The van der Waals surface area contributed by atoms with E-state index in [1.807, 2.05) is 30.3 Å². The highest BCUT2D eigenvalue weighted by molar-refractivity contribution is 5.79. The molecule has 2 aromatic rings. The first-order chi connectivity index (χ1) is 12.6. The quantitative estimate of drug-likeness (QED) is 0.861. The number of carbonyl (C=O) groups is 1. The molecule has 3 rings (SSSR count). The van der Waals surface area contributed by atoms with Gasteiger partial charge in [-0.3, -0.25) is 4.79 Å². The molecule has 0 radical (unpaired) electrons. The van der Waals surface area contributed by atoms with Crippen molar-refractivity contribution in [2.75, 3.05) is 27.9 Å². The number of fused-ring (bicyclic) bond motifs is 1. The normalized spacial score (nSPS) is 15.4. The Morgan fingerprint density at radius 1 is 1.08 bits per heavy atom. The average Bonchev–Trinajstić information content (AvgIpc) is 2.70. The Labute approximate surface area is 153 Å². The number of amides is 1. The van der Waals surface area contributed by atoms with Gasteiger partial charge in [0.2, 0.25) is 5.91 Å². The lowest BCUT2D eigenvalue weighted by Gasteiger charge is -2.25. The third-order valence-electron chi connectivity index (χ3n) is 4.49. The Bertz CT molecular complexity index is 790. The molecular weight excluding hydrogens is 334 g/mol. The molecule has 0 aliphatic carbocycles. The molecule has 1 N–H and O–H groups in total. The van der Waals surface area contributed by atoms with E-state index in [2.05, 4.69) is 5.32 Å². The smallest absolute Gasteiger partial charge is 0.227 e. The number of rotatable bonds is 6. The van der Waals surface area contributed by atoms with Crippen molar-refractivity contribution in [1.29, 1.82) is 0 Å². The van der Waals surface area contributed by atoms with E-state index in [1.165, 1.54) is 0 Å². The zero-order valence-electron chi connectivity index (χ0n) is 15.2. The summed E-state index contributed by atoms with van der Waals surface area (Å²) in [6, 6.07) is 11.2. The molecule has 6 heteroatoms. The van der Waals surface area contributed by atoms with E-state index < -0.39 is 0 Å². The van der Waals surface area contributed by atoms with Gasteiger partial charge in [0, 0.05) is 18.2 Å². The van der Waals surface area contributed by atoms with E-state index in [-0.39, 0.29) is 11.8 Å². The monoisotopic (exact) mass is 357 g/mol. The van der Waals surface area contributed by atoms with Crippen molar-refractivity contribution in [2.45, 2.75) is 13.0 Å². The second-order valence-electron chi connectivity index (χ2n) is 6.08. The van der Waals surface area contributed by atoms with Gasteiger partial charge in [0.05, 0.1) is 27.2 Å². The molecule has 0 saturated heterocycles. The van der Waals surface area contributed by atoms with Crippen LogP contribution in [0.25, 0.3) is 0 Å². The lowest BCUT2D eigenvalue weighted by Crippen LogP contribution is -2.37. The number of benzene rings is 2. The van der Waals surface area contributed by atoms with Crippen molar-refractivity contribution in [2.24, 2.45) is 5.92 Å². The summed E-state index contributed by atoms with van der Waals surface area (Å²) in [5.41, 5.74) is 1.87. The average molecular weight is 357 g/mol. The van der Waals surface area contributed by atoms with Crippen LogP contribution in [-0.2, 0) is 17.8 Å². The third kappa shape index (κ3) is 3.85.